The molecule has 15 heteroatoms. The molecule has 6 atom stereocenters. The third-order valence-corrected chi connectivity index (χ3v) is 9.37. The van der Waals surface area contributed by atoms with Crippen LogP contribution in [0.25, 0.3) is 0 Å². The van der Waals surface area contributed by atoms with Crippen LogP contribution in [0.2, 0.25) is 0 Å². The fraction of sp³-hybridized carbons (Fsp3) is 0.622. The van der Waals surface area contributed by atoms with Crippen molar-refractivity contribution in [2.75, 3.05) is 13.2 Å². The summed E-state index contributed by atoms with van der Waals surface area (Å²) in [6, 6.07) is 11.2. The van der Waals surface area contributed by atoms with Crippen LogP contribution in [-0.2, 0) is 28.1 Å². The molecule has 7 N–H and O–H groups in total. The van der Waals surface area contributed by atoms with E-state index in [1.807, 2.05) is 0 Å². The number of phenolic OH excluding ortho intramolecular Hbond substituents is 1. The van der Waals surface area contributed by atoms with Gasteiger partial charge in [-0.3, -0.25) is 9.32 Å². The first-order chi connectivity index (χ1) is 24.9. The van der Waals surface area contributed by atoms with Crippen LogP contribution in [0.3, 0.4) is 0 Å². The molecule has 14 nitrogen and oxygen atoms in total. The minimum Gasteiger partial charge on any atom is -0.508 e. The quantitative estimate of drug-likeness (QED) is 0.0438. The van der Waals surface area contributed by atoms with E-state index in [0.29, 0.717) is 12.0 Å². The van der Waals surface area contributed by atoms with Gasteiger partial charge in [-0.15, -0.1) is 0 Å². The van der Waals surface area contributed by atoms with Gasteiger partial charge in [0.2, 0.25) is 6.29 Å². The smallest absolute Gasteiger partial charge is 0.470 e. The molecule has 3 rings (SSSR count). The number of carbonyl (C=O) groups is 2. The van der Waals surface area contributed by atoms with Crippen molar-refractivity contribution in [3.63, 3.8) is 0 Å². The van der Waals surface area contributed by atoms with Crippen LogP contribution in [0.5, 0.6) is 11.5 Å². The van der Waals surface area contributed by atoms with Crippen molar-refractivity contribution in [1.29, 1.82) is 0 Å². The second kappa shape index (κ2) is 22.9. The first kappa shape index (κ1) is 43.3. The number of unbranched alkanes of at least 4 members (excludes halogenated alkanes) is 12. The number of esters is 2. The monoisotopic (exact) mass is 753 g/mol. The Hall–Kier alpha value is -3.07. The van der Waals surface area contributed by atoms with Gasteiger partial charge in [0.05, 0.1) is 11.7 Å². The summed E-state index contributed by atoms with van der Waals surface area (Å²) >= 11 is 0. The van der Waals surface area contributed by atoms with Gasteiger partial charge in [0.15, 0.2) is 6.10 Å². The molecular weight excluding hydrogens is 697 g/mol. The maximum Gasteiger partial charge on any atom is 0.470 e. The molecule has 0 radical (unpaired) electrons. The number of phenols is 1. The van der Waals surface area contributed by atoms with Crippen LogP contribution in [0.4, 0.5) is 0 Å². The highest BCUT2D eigenvalue weighted by Gasteiger charge is 2.52. The number of aliphatic hydroxyl groups is 2. The van der Waals surface area contributed by atoms with Crippen molar-refractivity contribution in [2.24, 2.45) is 5.73 Å². The van der Waals surface area contributed by atoms with Crippen molar-refractivity contribution in [1.82, 2.24) is 0 Å². The number of ether oxygens (including phenoxy) is 4. The molecule has 2 aromatic rings. The Bertz CT molecular complexity index is 1370. The molecule has 1 saturated heterocycles. The van der Waals surface area contributed by atoms with Crippen LogP contribution in [0.15, 0.2) is 48.5 Å². The predicted octanol–water partition coefficient (Wildman–Crippen LogP) is 5.58. The van der Waals surface area contributed by atoms with Gasteiger partial charge >= 0.3 is 19.8 Å². The Labute approximate surface area is 305 Å². The molecule has 0 aromatic heterocycles. The second-order valence-electron chi connectivity index (χ2n) is 13.1. The van der Waals surface area contributed by atoms with Gasteiger partial charge in [-0.05, 0) is 48.4 Å². The van der Waals surface area contributed by atoms with Gasteiger partial charge in [0.25, 0.3) is 0 Å². The van der Waals surface area contributed by atoms with Gasteiger partial charge in [0.1, 0.15) is 36.4 Å². The zero-order valence-corrected chi connectivity index (χ0v) is 30.8. The molecule has 0 amide bonds. The summed E-state index contributed by atoms with van der Waals surface area (Å²) in [5, 5.41) is 30.8. The van der Waals surface area contributed by atoms with Crippen molar-refractivity contribution < 1.29 is 62.7 Å². The third kappa shape index (κ3) is 15.5. The van der Waals surface area contributed by atoms with Crippen LogP contribution in [0, 0.1) is 0 Å². The molecule has 1 fully saturated rings. The van der Waals surface area contributed by atoms with Crippen molar-refractivity contribution in [2.45, 2.75) is 134 Å². The molecule has 0 aliphatic carbocycles. The number of aliphatic hydroxyl groups excluding tert-OH is 2. The number of rotatable bonds is 24. The fourth-order valence-electron chi connectivity index (χ4n) is 5.90. The number of phosphoric ester groups is 1. The number of hydrogen-bond acceptors (Lipinski definition) is 12. The van der Waals surface area contributed by atoms with Crippen molar-refractivity contribution in [3.8, 4) is 11.5 Å². The molecule has 1 aliphatic heterocycles. The fourth-order valence-corrected chi connectivity index (χ4v) is 6.46. The average molecular weight is 754 g/mol. The number of aromatic hydroxyl groups is 1. The first-order valence-electron chi connectivity index (χ1n) is 18.3. The largest absolute Gasteiger partial charge is 0.508 e. The maximum atomic E-state index is 13.1. The minimum absolute atomic E-state index is 0.000941. The number of carbonyl (C=O) groups excluding carboxylic acids is 2. The molecule has 0 saturated carbocycles. The summed E-state index contributed by atoms with van der Waals surface area (Å²) in [5.41, 5.74) is 6.12. The first-order valence-corrected chi connectivity index (χ1v) is 19.8. The molecule has 2 aromatic carbocycles. The summed E-state index contributed by atoms with van der Waals surface area (Å²) in [6.45, 7) is 1.59. The highest BCUT2D eigenvalue weighted by molar-refractivity contribution is 7.46. The molecule has 1 heterocycles. The predicted molar refractivity (Wildman–Crippen MR) is 191 cm³/mol. The van der Waals surface area contributed by atoms with E-state index in [1.54, 1.807) is 12.1 Å². The Morgan fingerprint density at radius 3 is 1.94 bits per heavy atom. The van der Waals surface area contributed by atoms with Crippen molar-refractivity contribution in [3.05, 3.63) is 59.7 Å². The summed E-state index contributed by atoms with van der Waals surface area (Å²) in [5.74, 6) is -1.46. The highest BCUT2D eigenvalue weighted by Crippen LogP contribution is 2.42. The molecule has 1 aliphatic rings. The lowest BCUT2D eigenvalue weighted by atomic mass is 9.99. The van der Waals surface area contributed by atoms with E-state index in [0.717, 1.165) is 25.7 Å². The van der Waals surface area contributed by atoms with Crippen LogP contribution in [-0.4, -0.2) is 80.9 Å². The SMILES string of the molecule is CCCCCCCCCCCCCCCC(=O)OC1C(Oc2ccc(C(O)CN)cc2)OC(COC(=O)c2ccc(O)cc2)C(O)C1OP(=O)(O)O. The zero-order valence-electron chi connectivity index (χ0n) is 29.9. The van der Waals surface area contributed by atoms with E-state index in [9.17, 15) is 39.3 Å². The van der Waals surface area contributed by atoms with Gasteiger partial charge < -0.3 is 49.8 Å². The molecule has 0 spiro atoms. The summed E-state index contributed by atoms with van der Waals surface area (Å²) in [7, 11) is -5.28. The van der Waals surface area contributed by atoms with Gasteiger partial charge in [-0.25, -0.2) is 9.36 Å². The van der Waals surface area contributed by atoms with Gasteiger partial charge in [-0.1, -0.05) is 96.1 Å². The van der Waals surface area contributed by atoms with Gasteiger partial charge in [-0.2, -0.15) is 0 Å². The summed E-state index contributed by atoms with van der Waals surface area (Å²) in [4.78, 5) is 45.2. The van der Waals surface area contributed by atoms with E-state index in [1.165, 1.54) is 87.8 Å². The zero-order chi connectivity index (χ0) is 37.9. The van der Waals surface area contributed by atoms with Crippen molar-refractivity contribution >= 4 is 19.8 Å². The van der Waals surface area contributed by atoms with Crippen LogP contribution in [0.1, 0.15) is 119 Å². The standard InChI is InChI=1S/C37H56NO13P/c1-2-3-4-5-6-7-8-9-10-11-12-13-14-15-32(41)50-35-34(51-52(44,45)46)33(42)31(25-47-36(43)27-16-20-28(39)21-17-27)49-37(35)48-29-22-18-26(19-23-29)30(40)24-38/h16-23,30-31,33-35,37,39-40,42H,2-15,24-25,38H2,1H3,(H2,44,45,46). The number of nitrogens with two attached hydrogens (primary N) is 1. The van der Waals surface area contributed by atoms with E-state index in [4.69, 9.17) is 29.2 Å². The van der Waals surface area contributed by atoms with Crippen LogP contribution >= 0.6 is 7.82 Å². The third-order valence-electron chi connectivity index (χ3n) is 8.85. The topological polar surface area (TPSA) is 225 Å². The normalized spacial score (nSPS) is 21.0. The van der Waals surface area contributed by atoms with Gasteiger partial charge in [0, 0.05) is 13.0 Å². The lowest BCUT2D eigenvalue weighted by Crippen LogP contribution is -2.62. The average Bonchev–Trinajstić information content (AvgIpc) is 3.12. The Morgan fingerprint density at radius 2 is 1.40 bits per heavy atom. The molecule has 52 heavy (non-hydrogen) atoms. The molecule has 292 valence electrons. The van der Waals surface area contributed by atoms with E-state index < -0.39 is 63.2 Å². The Morgan fingerprint density at radius 1 is 0.846 bits per heavy atom. The lowest BCUT2D eigenvalue weighted by Gasteiger charge is -2.43. The Balaban J connectivity index is 1.64. The second-order valence-corrected chi connectivity index (χ2v) is 14.3. The van der Waals surface area contributed by atoms with E-state index in [2.05, 4.69) is 6.92 Å². The molecule has 6 unspecified atom stereocenters. The summed E-state index contributed by atoms with van der Waals surface area (Å²) < 4.78 is 39.8. The molecular formula is C37H56NO13P. The number of hydrogen-bond donors (Lipinski definition) is 6. The maximum absolute atomic E-state index is 13.1. The highest BCUT2D eigenvalue weighted by atomic mass is 31.2. The van der Waals surface area contributed by atoms with E-state index >= 15 is 0 Å². The number of phosphoric acid groups is 1. The van der Waals surface area contributed by atoms with Crippen LogP contribution < -0.4 is 10.5 Å². The Kier molecular flexibility index (Phi) is 19.1. The summed E-state index contributed by atoms with van der Waals surface area (Å²) in [6.07, 6.45) is 5.27. The van der Waals surface area contributed by atoms with E-state index in [-0.39, 0.29) is 30.0 Å². The minimum atomic E-state index is -5.28. The lowest BCUT2D eigenvalue weighted by molar-refractivity contribution is -0.279. The molecule has 0 bridgehead atoms. The number of benzene rings is 2.